The second kappa shape index (κ2) is 8.06. The van der Waals surface area contributed by atoms with Crippen LogP contribution in [0.5, 0.6) is 11.5 Å². The van der Waals surface area contributed by atoms with Crippen LogP contribution in [0.2, 0.25) is 0 Å². The molecule has 0 spiro atoms. The van der Waals surface area contributed by atoms with Crippen molar-refractivity contribution in [1.29, 1.82) is 0 Å². The highest BCUT2D eigenvalue weighted by molar-refractivity contribution is 5.98. The fourth-order valence-corrected chi connectivity index (χ4v) is 2.90. The molecule has 0 saturated carbocycles. The van der Waals surface area contributed by atoms with Gasteiger partial charge in [-0.15, -0.1) is 0 Å². The van der Waals surface area contributed by atoms with E-state index in [-0.39, 0.29) is 22.9 Å². The van der Waals surface area contributed by atoms with Gasteiger partial charge in [-0.1, -0.05) is 18.2 Å². The Balaban J connectivity index is 1.67. The topological polar surface area (TPSA) is 64.6 Å². The molecular formula is C22H19F2N3O3. The van der Waals surface area contributed by atoms with Crippen molar-refractivity contribution in [3.63, 3.8) is 0 Å². The van der Waals surface area contributed by atoms with E-state index in [1.165, 1.54) is 24.3 Å². The van der Waals surface area contributed by atoms with E-state index in [0.717, 1.165) is 4.90 Å². The largest absolute Gasteiger partial charge is 0.491 e. The first-order chi connectivity index (χ1) is 16.3. The van der Waals surface area contributed by atoms with Crippen LogP contribution in [0, 0.1) is 0 Å². The molecule has 0 N–H and O–H groups in total. The van der Waals surface area contributed by atoms with Crippen LogP contribution in [-0.2, 0) is 6.54 Å². The van der Waals surface area contributed by atoms with E-state index in [9.17, 15) is 13.6 Å². The molecule has 4 rings (SSSR count). The van der Waals surface area contributed by atoms with E-state index in [2.05, 4.69) is 14.7 Å². The molecule has 8 heteroatoms. The van der Waals surface area contributed by atoms with Crippen molar-refractivity contribution in [2.75, 3.05) is 13.1 Å². The first-order valence-corrected chi connectivity index (χ1v) is 8.91. The van der Waals surface area contributed by atoms with Gasteiger partial charge in [0.1, 0.15) is 23.9 Å². The summed E-state index contributed by atoms with van der Waals surface area (Å²) in [4.78, 5) is 21.8. The van der Waals surface area contributed by atoms with E-state index >= 15 is 0 Å². The van der Waals surface area contributed by atoms with Crippen LogP contribution in [0.15, 0.2) is 60.9 Å². The van der Waals surface area contributed by atoms with Crippen LogP contribution < -0.4 is 9.47 Å². The number of aromatic nitrogens is 2. The Kier molecular flexibility index (Phi) is 3.88. The molecule has 1 aliphatic rings. The second-order valence-corrected chi connectivity index (χ2v) is 6.47. The fourth-order valence-electron chi connectivity index (χ4n) is 2.90. The molecular weight excluding hydrogens is 392 g/mol. The van der Waals surface area contributed by atoms with E-state index in [0.29, 0.717) is 18.1 Å². The summed E-state index contributed by atoms with van der Waals surface area (Å²) in [5, 5.41) is 0. The first kappa shape index (κ1) is 14.4. The van der Waals surface area contributed by atoms with Crippen molar-refractivity contribution in [2.45, 2.75) is 19.6 Å². The number of carbonyl (C=O) groups excluding carboxylic acids is 1. The summed E-state index contributed by atoms with van der Waals surface area (Å²) < 4.78 is 75.8. The van der Waals surface area contributed by atoms with Crippen molar-refractivity contribution in [3.05, 3.63) is 72.2 Å². The average molecular weight is 416 g/mol. The van der Waals surface area contributed by atoms with Gasteiger partial charge in [0, 0.05) is 19.3 Å². The Labute approximate surface area is 179 Å². The van der Waals surface area contributed by atoms with Gasteiger partial charge in [0.2, 0.25) is 0 Å². The number of carbonyl (C=O) groups is 1. The molecule has 1 amide bonds. The van der Waals surface area contributed by atoms with Gasteiger partial charge in [-0.25, -0.2) is 9.97 Å². The van der Waals surface area contributed by atoms with E-state index < -0.39 is 50.1 Å². The predicted molar refractivity (Wildman–Crippen MR) is 105 cm³/mol. The molecule has 2 aromatic carbocycles. The third-order valence-corrected chi connectivity index (χ3v) is 4.20. The van der Waals surface area contributed by atoms with Gasteiger partial charge in [-0.3, -0.25) is 4.79 Å². The molecule has 3 aromatic rings. The molecule has 0 aliphatic carbocycles. The zero-order valence-electron chi connectivity index (χ0n) is 20.8. The van der Waals surface area contributed by atoms with Gasteiger partial charge >= 0.3 is 6.11 Å². The third kappa shape index (κ3) is 4.53. The van der Waals surface area contributed by atoms with Gasteiger partial charge < -0.3 is 14.4 Å². The lowest BCUT2D eigenvalue weighted by molar-refractivity contribution is -0.158. The minimum atomic E-state index is -3.33. The molecule has 0 atom stereocenters. The average Bonchev–Trinajstić information content (AvgIpc) is 2.86. The van der Waals surface area contributed by atoms with Gasteiger partial charge in [-0.05, 0) is 41.4 Å². The van der Waals surface area contributed by atoms with Gasteiger partial charge in [0.25, 0.3) is 5.91 Å². The summed E-state index contributed by atoms with van der Waals surface area (Å²) in [5.74, 6) is -0.765. The van der Waals surface area contributed by atoms with Crippen molar-refractivity contribution in [2.24, 2.45) is 0 Å². The number of ether oxygens (including phenoxy) is 2. The highest BCUT2D eigenvalue weighted by atomic mass is 19.3. The summed E-state index contributed by atoms with van der Waals surface area (Å²) in [6, 6.07) is 10.0. The smallest absolute Gasteiger partial charge is 0.394 e. The second-order valence-electron chi connectivity index (χ2n) is 6.47. The quantitative estimate of drug-likeness (QED) is 0.625. The highest BCUT2D eigenvalue weighted by Crippen LogP contribution is 2.31. The van der Waals surface area contributed by atoms with Crippen LogP contribution in [0.3, 0.4) is 0 Å². The van der Waals surface area contributed by atoms with E-state index in [1.807, 2.05) is 0 Å². The van der Waals surface area contributed by atoms with Gasteiger partial charge in [-0.2, -0.15) is 8.78 Å². The number of hydrogen-bond donors (Lipinski definition) is 0. The number of amides is 1. The summed E-state index contributed by atoms with van der Waals surface area (Å²) in [6.45, 7) is -2.58. The fraction of sp³-hybridized carbons (Fsp3) is 0.227. The lowest BCUT2D eigenvalue weighted by Crippen LogP contribution is -2.32. The molecule has 0 saturated heterocycles. The van der Waals surface area contributed by atoms with Crippen LogP contribution in [0.1, 0.15) is 30.0 Å². The SMILES string of the molecule is [2H]c1nc(CN2C(=O)c3cc(-c4ccc(OC(C)(F)F)cc4)ccc3OCC2([2H])[2H])nc([2H])c1[2H]. The third-order valence-electron chi connectivity index (χ3n) is 4.20. The Hall–Kier alpha value is -3.55. The van der Waals surface area contributed by atoms with Crippen LogP contribution >= 0.6 is 0 Å². The normalized spacial score (nSPS) is 18.0. The van der Waals surface area contributed by atoms with Crippen LogP contribution in [0.25, 0.3) is 11.1 Å². The van der Waals surface area contributed by atoms with Gasteiger partial charge in [0.05, 0.1) is 25.5 Å². The molecule has 1 aliphatic heterocycles. The highest BCUT2D eigenvalue weighted by Gasteiger charge is 2.25. The van der Waals surface area contributed by atoms with Crippen molar-refractivity contribution >= 4 is 5.91 Å². The first-order valence-electron chi connectivity index (χ1n) is 11.4. The number of benzene rings is 2. The molecule has 2 heterocycles. The maximum absolute atomic E-state index is 13.4. The number of alkyl halides is 2. The van der Waals surface area contributed by atoms with Crippen molar-refractivity contribution in [3.8, 4) is 22.6 Å². The number of hydrogen-bond acceptors (Lipinski definition) is 5. The lowest BCUT2D eigenvalue weighted by atomic mass is 10.0. The minimum absolute atomic E-state index is 0.0315. The molecule has 0 radical (unpaired) electrons. The van der Waals surface area contributed by atoms with Gasteiger partial charge in [0.15, 0.2) is 0 Å². The molecule has 0 unspecified atom stereocenters. The van der Waals surface area contributed by atoms with Crippen LogP contribution in [-0.4, -0.2) is 40.0 Å². The maximum Gasteiger partial charge on any atom is 0.394 e. The molecule has 6 nitrogen and oxygen atoms in total. The Morgan fingerprint density at radius 2 is 1.90 bits per heavy atom. The number of rotatable bonds is 5. The molecule has 30 heavy (non-hydrogen) atoms. The summed E-state index contributed by atoms with van der Waals surface area (Å²) in [5.41, 5.74) is 1.20. The Bertz CT molecular complexity index is 1260. The summed E-state index contributed by atoms with van der Waals surface area (Å²) >= 11 is 0. The van der Waals surface area contributed by atoms with Crippen LogP contribution in [0.4, 0.5) is 8.78 Å². The standard InChI is InChI=1S/C22H19F2N3O3/c1-22(23,24)30-17-6-3-15(4-7-17)16-5-8-19-18(13-16)21(28)27(11-12-29-19)14-20-25-9-2-10-26-20/h2-10,13H,11-12,14H2,1H3/i2D,9D,10D,11D2. The number of halogens is 2. The van der Waals surface area contributed by atoms with Crippen molar-refractivity contribution in [1.82, 2.24) is 14.9 Å². The van der Waals surface area contributed by atoms with Crippen molar-refractivity contribution < 1.29 is 29.9 Å². The molecule has 154 valence electrons. The van der Waals surface area contributed by atoms with E-state index in [1.54, 1.807) is 18.2 Å². The van der Waals surface area contributed by atoms with E-state index in [4.69, 9.17) is 11.6 Å². The number of nitrogens with zero attached hydrogens (tertiary/aromatic N) is 3. The molecule has 0 fully saturated rings. The maximum atomic E-state index is 13.4. The Morgan fingerprint density at radius 1 is 1.20 bits per heavy atom. The zero-order chi connectivity index (χ0) is 25.5. The molecule has 0 bridgehead atoms. The zero-order valence-corrected chi connectivity index (χ0v) is 15.8. The summed E-state index contributed by atoms with van der Waals surface area (Å²) in [6.07, 6.45) is -4.34. The summed E-state index contributed by atoms with van der Waals surface area (Å²) in [7, 11) is 0. The monoisotopic (exact) mass is 416 g/mol. The predicted octanol–water partition coefficient (Wildman–Crippen LogP) is 4.17. The molecule has 1 aromatic heterocycles. The Morgan fingerprint density at radius 3 is 2.60 bits per heavy atom. The number of fused-ring (bicyclic) bond motifs is 1. The lowest BCUT2D eigenvalue weighted by Gasteiger charge is -2.19. The minimum Gasteiger partial charge on any atom is -0.491 e.